The van der Waals surface area contributed by atoms with Gasteiger partial charge < -0.3 is 20.7 Å². The molecule has 0 bridgehead atoms. The van der Waals surface area contributed by atoms with Crippen LogP contribution in [0, 0.1) is 0 Å². The van der Waals surface area contributed by atoms with Gasteiger partial charge in [0.25, 0.3) is 0 Å². The number of rotatable bonds is 5. The molecule has 1 heterocycles. The molecule has 1 unspecified atom stereocenters. The molecule has 0 radical (unpaired) electrons. The van der Waals surface area contributed by atoms with Crippen LogP contribution in [-0.4, -0.2) is 60.1 Å². The second-order valence-electron chi connectivity index (χ2n) is 4.68. The highest BCUT2D eigenvalue weighted by Gasteiger charge is 2.19. The number of amidine groups is 1. The van der Waals surface area contributed by atoms with Crippen molar-refractivity contribution < 1.29 is 5.21 Å². The quantitative estimate of drug-likeness (QED) is 0.237. The molecule has 1 atom stereocenters. The van der Waals surface area contributed by atoms with Crippen LogP contribution in [0.2, 0.25) is 0 Å². The maximum absolute atomic E-state index is 8.39. The number of piperazine rings is 1. The second-order valence-corrected chi connectivity index (χ2v) is 4.68. The van der Waals surface area contributed by atoms with Crippen molar-refractivity contribution in [3.05, 3.63) is 0 Å². The van der Waals surface area contributed by atoms with E-state index in [9.17, 15) is 0 Å². The normalized spacial score (nSPS) is 24.9. The molecule has 1 saturated heterocycles. The maximum atomic E-state index is 8.39. The highest BCUT2D eigenvalue weighted by molar-refractivity contribution is 5.79. The van der Waals surface area contributed by atoms with Gasteiger partial charge in [-0.3, -0.25) is 0 Å². The minimum atomic E-state index is 0.340. The number of nitrogens with zero attached hydrogens (tertiary/aromatic N) is 3. The largest absolute Gasteiger partial charge is 0.409 e. The van der Waals surface area contributed by atoms with Crippen molar-refractivity contribution in [1.82, 2.24) is 9.80 Å². The van der Waals surface area contributed by atoms with Gasteiger partial charge in [-0.05, 0) is 33.4 Å². The molecule has 94 valence electrons. The molecule has 0 aliphatic carbocycles. The minimum Gasteiger partial charge on any atom is -0.409 e. The zero-order chi connectivity index (χ0) is 12.0. The van der Waals surface area contributed by atoms with E-state index in [4.69, 9.17) is 10.9 Å². The average Bonchev–Trinajstić information content (AvgIpc) is 2.28. The highest BCUT2D eigenvalue weighted by Crippen LogP contribution is 2.08. The smallest absolute Gasteiger partial charge is 0.139 e. The highest BCUT2D eigenvalue weighted by atomic mass is 16.4. The van der Waals surface area contributed by atoms with Gasteiger partial charge in [0.05, 0.1) is 0 Å². The van der Waals surface area contributed by atoms with Gasteiger partial charge in [0.1, 0.15) is 5.84 Å². The van der Waals surface area contributed by atoms with Crippen LogP contribution >= 0.6 is 0 Å². The molecule has 1 aliphatic heterocycles. The molecule has 0 amide bonds. The molecule has 16 heavy (non-hydrogen) atoms. The first-order valence-electron chi connectivity index (χ1n) is 6.02. The molecule has 3 N–H and O–H groups in total. The third-order valence-electron chi connectivity index (χ3n) is 3.33. The molecule has 1 aliphatic rings. The fourth-order valence-electron chi connectivity index (χ4n) is 2.02. The van der Waals surface area contributed by atoms with E-state index in [-0.39, 0.29) is 0 Å². The van der Waals surface area contributed by atoms with Crippen LogP contribution in [0.4, 0.5) is 0 Å². The van der Waals surface area contributed by atoms with E-state index in [1.807, 2.05) is 0 Å². The number of hydrogen-bond acceptors (Lipinski definition) is 4. The Labute approximate surface area is 97.9 Å². The third kappa shape index (κ3) is 4.37. The lowest BCUT2D eigenvalue weighted by atomic mass is 10.1. The van der Waals surface area contributed by atoms with Gasteiger partial charge in [-0.2, -0.15) is 0 Å². The number of hydrogen-bond donors (Lipinski definition) is 2. The van der Waals surface area contributed by atoms with Crippen LogP contribution in [-0.2, 0) is 0 Å². The zero-order valence-corrected chi connectivity index (χ0v) is 10.4. The van der Waals surface area contributed by atoms with Gasteiger partial charge in [-0.15, -0.1) is 0 Å². The van der Waals surface area contributed by atoms with Crippen molar-refractivity contribution >= 4 is 5.84 Å². The van der Waals surface area contributed by atoms with E-state index in [0.717, 1.165) is 39.0 Å². The monoisotopic (exact) mass is 228 g/mol. The summed E-state index contributed by atoms with van der Waals surface area (Å²) in [6.45, 7) is 6.85. The van der Waals surface area contributed by atoms with Crippen LogP contribution in [0.25, 0.3) is 0 Å². The molecule has 0 saturated carbocycles. The van der Waals surface area contributed by atoms with Crippen molar-refractivity contribution in [3.8, 4) is 0 Å². The summed E-state index contributed by atoms with van der Waals surface area (Å²) in [7, 11) is 2.18. The van der Waals surface area contributed by atoms with Crippen LogP contribution in [0.1, 0.15) is 26.2 Å². The molecule has 5 heteroatoms. The summed E-state index contributed by atoms with van der Waals surface area (Å²) in [4.78, 5) is 4.89. The number of likely N-dealkylation sites (N-methyl/N-ethyl adjacent to an activating group) is 1. The summed E-state index contributed by atoms with van der Waals surface area (Å²) in [5.74, 6) is 0.340. The molecule has 0 aromatic carbocycles. The van der Waals surface area contributed by atoms with E-state index in [0.29, 0.717) is 18.3 Å². The number of oxime groups is 1. The first kappa shape index (κ1) is 13.3. The summed E-state index contributed by atoms with van der Waals surface area (Å²) in [6.07, 6.45) is 2.81. The Bertz CT molecular complexity index is 232. The van der Waals surface area contributed by atoms with Gasteiger partial charge in [0, 0.05) is 32.1 Å². The second kappa shape index (κ2) is 6.70. The Morgan fingerprint density at radius 2 is 2.19 bits per heavy atom. The Hall–Kier alpha value is -0.810. The first-order chi connectivity index (χ1) is 7.63. The van der Waals surface area contributed by atoms with Crippen molar-refractivity contribution in [2.24, 2.45) is 10.9 Å². The van der Waals surface area contributed by atoms with Crippen molar-refractivity contribution in [2.45, 2.75) is 32.2 Å². The molecular formula is C11H24N4O. The molecule has 0 aromatic rings. The summed E-state index contributed by atoms with van der Waals surface area (Å²) in [5, 5.41) is 11.4. The zero-order valence-electron chi connectivity index (χ0n) is 10.4. The van der Waals surface area contributed by atoms with Crippen molar-refractivity contribution in [3.63, 3.8) is 0 Å². The fraction of sp³-hybridized carbons (Fsp3) is 0.909. The van der Waals surface area contributed by atoms with Crippen molar-refractivity contribution in [2.75, 3.05) is 33.2 Å². The number of unbranched alkanes of at least 4 members (excludes halogenated alkanes) is 1. The average molecular weight is 228 g/mol. The summed E-state index contributed by atoms with van der Waals surface area (Å²) in [5.41, 5.74) is 5.41. The summed E-state index contributed by atoms with van der Waals surface area (Å²) >= 11 is 0. The SMILES string of the molecule is CC1CN(CCCCC(N)=NO)CCN1C. The molecule has 1 rings (SSSR count). The minimum absolute atomic E-state index is 0.340. The Morgan fingerprint density at radius 1 is 1.44 bits per heavy atom. The standard InChI is InChI=1S/C11H24N4O/c1-10-9-15(8-7-14(10)2)6-4-3-5-11(12)13-16/h10,16H,3-9H2,1-2H3,(H2,12,13). The van der Waals surface area contributed by atoms with Gasteiger partial charge in [0.2, 0.25) is 0 Å². The number of nitrogens with two attached hydrogens (primary N) is 1. The summed E-state index contributed by atoms with van der Waals surface area (Å²) < 4.78 is 0. The van der Waals surface area contributed by atoms with Gasteiger partial charge in [0.15, 0.2) is 0 Å². The van der Waals surface area contributed by atoms with Crippen LogP contribution in [0.5, 0.6) is 0 Å². The maximum Gasteiger partial charge on any atom is 0.139 e. The molecule has 0 spiro atoms. The lowest BCUT2D eigenvalue weighted by Gasteiger charge is -2.37. The Kier molecular flexibility index (Phi) is 5.55. The molecule has 1 fully saturated rings. The van der Waals surface area contributed by atoms with Gasteiger partial charge >= 0.3 is 0 Å². The molecule has 5 nitrogen and oxygen atoms in total. The van der Waals surface area contributed by atoms with E-state index < -0.39 is 0 Å². The summed E-state index contributed by atoms with van der Waals surface area (Å²) in [6, 6.07) is 0.651. The van der Waals surface area contributed by atoms with Crippen LogP contribution in [0.15, 0.2) is 5.16 Å². The van der Waals surface area contributed by atoms with E-state index in [1.54, 1.807) is 0 Å². The van der Waals surface area contributed by atoms with Gasteiger partial charge in [-0.25, -0.2) is 0 Å². The predicted molar refractivity (Wildman–Crippen MR) is 65.8 cm³/mol. The van der Waals surface area contributed by atoms with E-state index >= 15 is 0 Å². The van der Waals surface area contributed by atoms with Crippen molar-refractivity contribution in [1.29, 1.82) is 0 Å². The van der Waals surface area contributed by atoms with E-state index in [2.05, 4.69) is 28.9 Å². The lowest BCUT2D eigenvalue weighted by Crippen LogP contribution is -2.50. The Balaban J connectivity index is 2.10. The fourth-order valence-corrected chi connectivity index (χ4v) is 2.02. The van der Waals surface area contributed by atoms with Crippen LogP contribution < -0.4 is 5.73 Å². The van der Waals surface area contributed by atoms with E-state index in [1.165, 1.54) is 0 Å². The topological polar surface area (TPSA) is 65.1 Å². The first-order valence-corrected chi connectivity index (χ1v) is 6.02. The third-order valence-corrected chi connectivity index (χ3v) is 3.33. The Morgan fingerprint density at radius 3 is 2.81 bits per heavy atom. The predicted octanol–water partition coefficient (Wildman–Crippen LogP) is 0.539. The lowest BCUT2D eigenvalue weighted by molar-refractivity contribution is 0.104. The van der Waals surface area contributed by atoms with Gasteiger partial charge in [-0.1, -0.05) is 5.16 Å². The van der Waals surface area contributed by atoms with Crippen LogP contribution in [0.3, 0.4) is 0 Å². The molecule has 0 aromatic heterocycles. The molecular weight excluding hydrogens is 204 g/mol.